The van der Waals surface area contributed by atoms with E-state index in [4.69, 9.17) is 4.42 Å². The first-order chi connectivity index (χ1) is 11.1. The Labute approximate surface area is 135 Å². The Morgan fingerprint density at radius 3 is 3.13 bits per heavy atom. The molecule has 1 amide bonds. The van der Waals surface area contributed by atoms with E-state index in [-0.39, 0.29) is 17.0 Å². The summed E-state index contributed by atoms with van der Waals surface area (Å²) in [7, 11) is 0. The Balaban J connectivity index is 1.60. The lowest BCUT2D eigenvalue weighted by Gasteiger charge is -2.21. The second-order valence-electron chi connectivity index (χ2n) is 6.30. The maximum Gasteiger partial charge on any atom is 0.261 e. The molecule has 2 aromatic rings. The van der Waals surface area contributed by atoms with Crippen molar-refractivity contribution in [3.05, 3.63) is 57.4 Å². The number of aryl methyl sites for hydroxylation is 2. The van der Waals surface area contributed by atoms with E-state index in [9.17, 15) is 9.59 Å². The van der Waals surface area contributed by atoms with Crippen LogP contribution in [0, 0.1) is 5.92 Å². The van der Waals surface area contributed by atoms with Gasteiger partial charge in [0.15, 0.2) is 0 Å². The summed E-state index contributed by atoms with van der Waals surface area (Å²) in [4.78, 5) is 27.2. The summed E-state index contributed by atoms with van der Waals surface area (Å²) in [6.07, 6.45) is 6.08. The Morgan fingerprint density at radius 1 is 1.48 bits per heavy atom. The molecule has 0 spiro atoms. The lowest BCUT2D eigenvalue weighted by atomic mass is 9.87. The summed E-state index contributed by atoms with van der Waals surface area (Å²) < 4.78 is 5.25. The molecule has 2 heterocycles. The molecule has 0 radical (unpaired) electrons. The van der Waals surface area contributed by atoms with E-state index in [1.54, 1.807) is 12.3 Å². The average molecular weight is 314 g/mol. The van der Waals surface area contributed by atoms with Crippen LogP contribution in [0.2, 0.25) is 0 Å². The minimum atomic E-state index is -0.299. The zero-order valence-corrected chi connectivity index (χ0v) is 13.4. The van der Waals surface area contributed by atoms with Gasteiger partial charge in [0, 0.05) is 18.7 Å². The normalized spacial score (nSPS) is 16.8. The Bertz CT molecular complexity index is 731. The SMILES string of the molecule is CC1CCc2[nH]c(=O)c(C(=O)NCCCc3ccco3)cc2C1. The molecule has 5 nitrogen and oxygen atoms in total. The highest BCUT2D eigenvalue weighted by Crippen LogP contribution is 2.23. The molecule has 0 saturated carbocycles. The third-order valence-corrected chi connectivity index (χ3v) is 4.38. The van der Waals surface area contributed by atoms with Gasteiger partial charge in [0.2, 0.25) is 0 Å². The maximum absolute atomic E-state index is 12.2. The lowest BCUT2D eigenvalue weighted by molar-refractivity contribution is 0.0951. The van der Waals surface area contributed by atoms with Crippen molar-refractivity contribution in [3.8, 4) is 0 Å². The molecule has 0 aromatic carbocycles. The zero-order chi connectivity index (χ0) is 16.2. The van der Waals surface area contributed by atoms with Crippen molar-refractivity contribution in [3.63, 3.8) is 0 Å². The van der Waals surface area contributed by atoms with Crippen LogP contribution in [0.3, 0.4) is 0 Å². The van der Waals surface area contributed by atoms with Gasteiger partial charge in [-0.1, -0.05) is 6.92 Å². The summed E-state index contributed by atoms with van der Waals surface area (Å²) in [5, 5.41) is 2.82. The minimum absolute atomic E-state index is 0.218. The first kappa shape index (κ1) is 15.6. The number of carbonyl (C=O) groups is 1. The molecule has 122 valence electrons. The van der Waals surface area contributed by atoms with Crippen LogP contribution in [0.1, 0.15) is 47.1 Å². The van der Waals surface area contributed by atoms with Crippen molar-refractivity contribution in [2.75, 3.05) is 6.54 Å². The second-order valence-corrected chi connectivity index (χ2v) is 6.30. The smallest absolute Gasteiger partial charge is 0.261 e. The molecule has 5 heteroatoms. The number of furan rings is 1. The quantitative estimate of drug-likeness (QED) is 0.832. The van der Waals surface area contributed by atoms with E-state index >= 15 is 0 Å². The molecule has 0 bridgehead atoms. The van der Waals surface area contributed by atoms with Crippen molar-refractivity contribution in [1.29, 1.82) is 0 Å². The molecule has 1 aliphatic carbocycles. The largest absolute Gasteiger partial charge is 0.469 e. The van der Waals surface area contributed by atoms with E-state index in [2.05, 4.69) is 17.2 Å². The number of carbonyl (C=O) groups excluding carboxylic acids is 1. The highest BCUT2D eigenvalue weighted by Gasteiger charge is 2.19. The number of amides is 1. The van der Waals surface area contributed by atoms with Crippen LogP contribution in [-0.2, 0) is 19.3 Å². The topological polar surface area (TPSA) is 75.1 Å². The Morgan fingerprint density at radius 2 is 2.35 bits per heavy atom. The fourth-order valence-electron chi connectivity index (χ4n) is 3.07. The lowest BCUT2D eigenvalue weighted by Crippen LogP contribution is -2.32. The van der Waals surface area contributed by atoms with Gasteiger partial charge in [-0.25, -0.2) is 0 Å². The van der Waals surface area contributed by atoms with Gasteiger partial charge in [-0.2, -0.15) is 0 Å². The van der Waals surface area contributed by atoms with Crippen LogP contribution in [0.5, 0.6) is 0 Å². The summed E-state index contributed by atoms with van der Waals surface area (Å²) in [5.74, 6) is 1.20. The predicted octanol–water partition coefficient (Wildman–Crippen LogP) is 2.46. The Hall–Kier alpha value is -2.30. The molecule has 3 rings (SSSR count). The van der Waals surface area contributed by atoms with Crippen LogP contribution >= 0.6 is 0 Å². The van der Waals surface area contributed by atoms with Crippen molar-refractivity contribution in [2.24, 2.45) is 5.92 Å². The number of fused-ring (bicyclic) bond motifs is 1. The summed E-state index contributed by atoms with van der Waals surface area (Å²) >= 11 is 0. The van der Waals surface area contributed by atoms with Crippen LogP contribution in [0.15, 0.2) is 33.7 Å². The van der Waals surface area contributed by atoms with E-state index in [1.165, 1.54) is 0 Å². The van der Waals surface area contributed by atoms with E-state index in [0.717, 1.165) is 49.1 Å². The highest BCUT2D eigenvalue weighted by atomic mass is 16.3. The predicted molar refractivity (Wildman–Crippen MR) is 87.6 cm³/mol. The molecule has 1 atom stereocenters. The van der Waals surface area contributed by atoms with Gasteiger partial charge >= 0.3 is 0 Å². The Kier molecular flexibility index (Phi) is 4.65. The van der Waals surface area contributed by atoms with E-state index in [0.29, 0.717) is 12.5 Å². The summed E-state index contributed by atoms with van der Waals surface area (Å²) in [6.45, 7) is 2.72. The first-order valence-electron chi connectivity index (χ1n) is 8.19. The molecule has 0 aliphatic heterocycles. The third kappa shape index (κ3) is 3.73. The third-order valence-electron chi connectivity index (χ3n) is 4.38. The number of nitrogens with one attached hydrogen (secondary N) is 2. The number of hydrogen-bond acceptors (Lipinski definition) is 3. The molecular weight excluding hydrogens is 292 g/mol. The van der Waals surface area contributed by atoms with Crippen molar-refractivity contribution in [2.45, 2.75) is 39.0 Å². The standard InChI is InChI=1S/C18H22N2O3/c1-12-6-7-16-13(10-12)11-15(18(22)20-16)17(21)19-8-2-4-14-5-3-9-23-14/h3,5,9,11-12H,2,4,6-8,10H2,1H3,(H,19,21)(H,20,22). The fraction of sp³-hybridized carbons (Fsp3) is 0.444. The van der Waals surface area contributed by atoms with Crippen LogP contribution in [0.4, 0.5) is 0 Å². The molecule has 2 N–H and O–H groups in total. The average Bonchev–Trinajstić information content (AvgIpc) is 3.04. The maximum atomic E-state index is 12.2. The second kappa shape index (κ2) is 6.86. The van der Waals surface area contributed by atoms with Crippen molar-refractivity contribution >= 4 is 5.91 Å². The van der Waals surface area contributed by atoms with Gasteiger partial charge in [-0.3, -0.25) is 9.59 Å². The van der Waals surface area contributed by atoms with Crippen molar-refractivity contribution in [1.82, 2.24) is 10.3 Å². The first-order valence-corrected chi connectivity index (χ1v) is 8.19. The van der Waals surface area contributed by atoms with Crippen LogP contribution < -0.4 is 10.9 Å². The van der Waals surface area contributed by atoms with E-state index in [1.807, 2.05) is 12.1 Å². The summed E-state index contributed by atoms with van der Waals surface area (Å²) in [6, 6.07) is 5.53. The number of hydrogen-bond donors (Lipinski definition) is 2. The van der Waals surface area contributed by atoms with Gasteiger partial charge in [0.05, 0.1) is 6.26 Å². The summed E-state index contributed by atoms with van der Waals surface area (Å²) in [5.41, 5.74) is 2.02. The monoisotopic (exact) mass is 314 g/mol. The van der Waals surface area contributed by atoms with Gasteiger partial charge in [-0.15, -0.1) is 0 Å². The number of rotatable bonds is 5. The number of aromatic nitrogens is 1. The van der Waals surface area contributed by atoms with Crippen molar-refractivity contribution < 1.29 is 9.21 Å². The number of pyridine rings is 1. The molecule has 0 saturated heterocycles. The fourth-order valence-corrected chi connectivity index (χ4v) is 3.07. The van der Waals surface area contributed by atoms with E-state index < -0.39 is 0 Å². The molecule has 2 aromatic heterocycles. The highest BCUT2D eigenvalue weighted by molar-refractivity contribution is 5.94. The van der Waals surface area contributed by atoms with Crippen LogP contribution in [0.25, 0.3) is 0 Å². The zero-order valence-electron chi connectivity index (χ0n) is 13.4. The molecule has 23 heavy (non-hydrogen) atoms. The van der Waals surface area contributed by atoms with Crippen LogP contribution in [-0.4, -0.2) is 17.4 Å². The van der Waals surface area contributed by atoms with Gasteiger partial charge in [0.1, 0.15) is 11.3 Å². The molecule has 1 unspecified atom stereocenters. The van der Waals surface area contributed by atoms with Gasteiger partial charge < -0.3 is 14.7 Å². The molecule has 0 fully saturated rings. The minimum Gasteiger partial charge on any atom is -0.469 e. The molecule has 1 aliphatic rings. The number of aromatic amines is 1. The van der Waals surface area contributed by atoms with Gasteiger partial charge in [0.25, 0.3) is 11.5 Å². The molecular formula is C18H22N2O3. The van der Waals surface area contributed by atoms with Gasteiger partial charge in [-0.05, 0) is 55.4 Å². The number of H-pyrrole nitrogens is 1.